The normalized spacial score (nSPS) is 11.3. The van der Waals surface area contributed by atoms with Crippen LogP contribution in [-0.2, 0) is 6.18 Å². The van der Waals surface area contributed by atoms with E-state index in [-0.39, 0.29) is 17.3 Å². The fourth-order valence-corrected chi connectivity index (χ4v) is 2.22. The van der Waals surface area contributed by atoms with Gasteiger partial charge in [-0.05, 0) is 24.3 Å². The Labute approximate surface area is 144 Å². The van der Waals surface area contributed by atoms with Gasteiger partial charge in [-0.1, -0.05) is 18.2 Å². The van der Waals surface area contributed by atoms with E-state index in [0.29, 0.717) is 0 Å². The molecule has 26 heavy (non-hydrogen) atoms. The smallest absolute Gasteiger partial charge is 0.340 e. The predicted octanol–water partition coefficient (Wildman–Crippen LogP) is 5.26. The van der Waals surface area contributed by atoms with Gasteiger partial charge in [-0.3, -0.25) is 0 Å². The first-order valence-electron chi connectivity index (χ1n) is 7.31. The Balaban J connectivity index is 1.87. The highest BCUT2D eigenvalue weighted by Gasteiger charge is 2.33. The summed E-state index contributed by atoms with van der Waals surface area (Å²) in [7, 11) is 0. The van der Waals surface area contributed by atoms with Gasteiger partial charge >= 0.3 is 6.18 Å². The number of halogens is 5. The van der Waals surface area contributed by atoms with Crippen LogP contribution in [-0.4, -0.2) is 9.97 Å². The predicted molar refractivity (Wildman–Crippen MR) is 86.4 cm³/mol. The average molecular weight is 366 g/mol. The number of nitrogens with one attached hydrogen (secondary N) is 2. The first kappa shape index (κ1) is 17.6. The van der Waals surface area contributed by atoms with Gasteiger partial charge in [0, 0.05) is 6.07 Å². The molecule has 0 atom stereocenters. The molecule has 0 fully saturated rings. The molecule has 0 aliphatic rings. The molecular weight excluding hydrogens is 355 g/mol. The summed E-state index contributed by atoms with van der Waals surface area (Å²) in [5.41, 5.74) is -1.50. The SMILES string of the molecule is Fc1cccc(F)c1Nc1cc(Nc2ccccc2C(F)(F)F)ncn1. The van der Waals surface area contributed by atoms with Gasteiger partial charge in [0.2, 0.25) is 0 Å². The van der Waals surface area contributed by atoms with Crippen LogP contribution in [0.1, 0.15) is 5.56 Å². The van der Waals surface area contributed by atoms with Crippen molar-refractivity contribution in [1.29, 1.82) is 0 Å². The zero-order valence-corrected chi connectivity index (χ0v) is 13.0. The molecule has 1 heterocycles. The minimum atomic E-state index is -4.55. The lowest BCUT2D eigenvalue weighted by atomic mass is 10.1. The number of anilines is 4. The summed E-state index contributed by atoms with van der Waals surface area (Å²) >= 11 is 0. The van der Waals surface area contributed by atoms with Gasteiger partial charge in [-0.2, -0.15) is 13.2 Å². The van der Waals surface area contributed by atoms with Crippen LogP contribution >= 0.6 is 0 Å². The summed E-state index contributed by atoms with van der Waals surface area (Å²) in [4.78, 5) is 7.64. The van der Waals surface area contributed by atoms with E-state index < -0.39 is 29.1 Å². The Bertz CT molecular complexity index is 907. The summed E-state index contributed by atoms with van der Waals surface area (Å²) in [5.74, 6) is -1.63. The van der Waals surface area contributed by atoms with Crippen molar-refractivity contribution in [3.8, 4) is 0 Å². The third kappa shape index (κ3) is 3.88. The fraction of sp³-hybridized carbons (Fsp3) is 0.0588. The Hall–Kier alpha value is -3.23. The molecule has 0 unspecified atom stereocenters. The van der Waals surface area contributed by atoms with Crippen molar-refractivity contribution in [3.63, 3.8) is 0 Å². The highest BCUT2D eigenvalue weighted by atomic mass is 19.4. The second kappa shape index (κ2) is 6.95. The molecule has 0 saturated carbocycles. The number of aromatic nitrogens is 2. The molecule has 0 aliphatic heterocycles. The van der Waals surface area contributed by atoms with Crippen molar-refractivity contribution in [2.45, 2.75) is 6.18 Å². The lowest BCUT2D eigenvalue weighted by Crippen LogP contribution is -2.09. The van der Waals surface area contributed by atoms with Crippen molar-refractivity contribution in [2.75, 3.05) is 10.6 Å². The van der Waals surface area contributed by atoms with E-state index in [9.17, 15) is 22.0 Å². The monoisotopic (exact) mass is 366 g/mol. The van der Waals surface area contributed by atoms with Crippen molar-refractivity contribution in [1.82, 2.24) is 9.97 Å². The molecule has 0 spiro atoms. The van der Waals surface area contributed by atoms with Crippen molar-refractivity contribution in [2.24, 2.45) is 0 Å². The third-order valence-electron chi connectivity index (χ3n) is 3.38. The van der Waals surface area contributed by atoms with Crippen LogP contribution in [0.2, 0.25) is 0 Å². The van der Waals surface area contributed by atoms with Gasteiger partial charge in [0.1, 0.15) is 35.3 Å². The van der Waals surface area contributed by atoms with Crippen LogP contribution < -0.4 is 10.6 Å². The van der Waals surface area contributed by atoms with E-state index in [1.54, 1.807) is 0 Å². The first-order chi connectivity index (χ1) is 12.3. The molecule has 0 amide bonds. The van der Waals surface area contributed by atoms with E-state index in [0.717, 1.165) is 24.5 Å². The number of hydrogen-bond acceptors (Lipinski definition) is 4. The molecule has 2 aromatic carbocycles. The zero-order valence-electron chi connectivity index (χ0n) is 13.0. The summed E-state index contributed by atoms with van der Waals surface area (Å²) in [5, 5.41) is 4.98. The number of nitrogens with zero attached hydrogens (tertiary/aromatic N) is 2. The molecular formula is C17H11F5N4. The second-order valence-corrected chi connectivity index (χ2v) is 5.18. The molecule has 3 aromatic rings. The Morgan fingerprint density at radius 3 is 2.04 bits per heavy atom. The minimum Gasteiger partial charge on any atom is -0.340 e. The van der Waals surface area contributed by atoms with Crippen molar-refractivity contribution >= 4 is 23.0 Å². The molecule has 4 nitrogen and oxygen atoms in total. The Morgan fingerprint density at radius 1 is 0.769 bits per heavy atom. The average Bonchev–Trinajstić information content (AvgIpc) is 2.58. The molecule has 2 N–H and O–H groups in total. The largest absolute Gasteiger partial charge is 0.418 e. The molecule has 0 saturated heterocycles. The van der Waals surface area contributed by atoms with E-state index in [2.05, 4.69) is 20.6 Å². The molecule has 3 rings (SSSR count). The molecule has 0 radical (unpaired) electrons. The maximum absolute atomic E-state index is 13.7. The molecule has 0 aliphatic carbocycles. The number of alkyl halides is 3. The van der Waals surface area contributed by atoms with E-state index >= 15 is 0 Å². The summed E-state index contributed by atoms with van der Waals surface area (Å²) in [6, 6.07) is 9.44. The number of rotatable bonds is 4. The molecule has 9 heteroatoms. The van der Waals surface area contributed by atoms with E-state index in [1.165, 1.54) is 30.3 Å². The van der Waals surface area contributed by atoms with Crippen LogP contribution in [0.5, 0.6) is 0 Å². The minimum absolute atomic E-state index is 0.0102. The molecule has 1 aromatic heterocycles. The number of hydrogen-bond donors (Lipinski definition) is 2. The molecule has 134 valence electrons. The molecule has 0 bridgehead atoms. The van der Waals surface area contributed by atoms with Crippen LogP contribution in [0.25, 0.3) is 0 Å². The van der Waals surface area contributed by atoms with Crippen LogP contribution in [0.4, 0.5) is 45.0 Å². The topological polar surface area (TPSA) is 49.8 Å². The maximum Gasteiger partial charge on any atom is 0.418 e. The summed E-state index contributed by atoms with van der Waals surface area (Å²) in [6.45, 7) is 0. The quantitative estimate of drug-likeness (QED) is 0.619. The van der Waals surface area contributed by atoms with Crippen molar-refractivity contribution in [3.05, 3.63) is 72.1 Å². The number of para-hydroxylation sites is 2. The maximum atomic E-state index is 13.7. The first-order valence-corrected chi connectivity index (χ1v) is 7.31. The third-order valence-corrected chi connectivity index (χ3v) is 3.38. The van der Waals surface area contributed by atoms with Gasteiger partial charge < -0.3 is 10.6 Å². The Morgan fingerprint density at radius 2 is 1.38 bits per heavy atom. The van der Waals surface area contributed by atoms with Crippen LogP contribution in [0.15, 0.2) is 54.9 Å². The van der Waals surface area contributed by atoms with Crippen LogP contribution in [0, 0.1) is 11.6 Å². The second-order valence-electron chi connectivity index (χ2n) is 5.18. The summed E-state index contributed by atoms with van der Waals surface area (Å²) < 4.78 is 66.5. The highest BCUT2D eigenvalue weighted by molar-refractivity contribution is 5.65. The van der Waals surface area contributed by atoms with Crippen LogP contribution in [0.3, 0.4) is 0 Å². The van der Waals surface area contributed by atoms with Gasteiger partial charge in [0.25, 0.3) is 0 Å². The standard InChI is InChI=1S/C17H11F5N4/c18-11-5-3-6-12(19)16(11)26-15-8-14(23-9-24-15)25-13-7-2-1-4-10(13)17(20,21)22/h1-9H,(H2,23,24,25,26). The lowest BCUT2D eigenvalue weighted by Gasteiger charge is -2.14. The zero-order chi connectivity index (χ0) is 18.7. The summed E-state index contributed by atoms with van der Waals surface area (Å²) in [6.07, 6.45) is -3.49. The van der Waals surface area contributed by atoms with Gasteiger partial charge in [0.05, 0.1) is 11.3 Å². The number of benzene rings is 2. The van der Waals surface area contributed by atoms with Gasteiger partial charge in [-0.15, -0.1) is 0 Å². The van der Waals surface area contributed by atoms with E-state index in [4.69, 9.17) is 0 Å². The van der Waals surface area contributed by atoms with Crippen molar-refractivity contribution < 1.29 is 22.0 Å². The Kier molecular flexibility index (Phi) is 4.70. The van der Waals surface area contributed by atoms with Gasteiger partial charge in [0.15, 0.2) is 0 Å². The van der Waals surface area contributed by atoms with Gasteiger partial charge in [-0.25, -0.2) is 18.7 Å². The highest BCUT2D eigenvalue weighted by Crippen LogP contribution is 2.35. The van der Waals surface area contributed by atoms with E-state index in [1.807, 2.05) is 0 Å². The fourth-order valence-electron chi connectivity index (χ4n) is 2.22. The lowest BCUT2D eigenvalue weighted by molar-refractivity contribution is -0.136.